The molecule has 0 aliphatic carbocycles. The number of hydrogen-bond donors (Lipinski definition) is 4. The van der Waals surface area contributed by atoms with Crippen LogP contribution >= 0.6 is 68.4 Å². The summed E-state index contributed by atoms with van der Waals surface area (Å²) < 4.78 is 49.8. The van der Waals surface area contributed by atoms with Crippen LogP contribution in [0.1, 0.15) is 37.4 Å². The molecule has 2 amide bonds. The molecule has 13 nitrogen and oxygen atoms in total. The third kappa shape index (κ3) is 12.4. The lowest BCUT2D eigenvalue weighted by Gasteiger charge is -2.20. The number of carbonyl (C=O) groups is 2. The largest absolute Gasteiger partial charge is 0.497 e. The van der Waals surface area contributed by atoms with Gasteiger partial charge in [0.15, 0.2) is 0 Å². The minimum absolute atomic E-state index is 0.00309. The number of pyridine rings is 2. The quantitative estimate of drug-likeness (QED) is 0.0822. The lowest BCUT2D eigenvalue weighted by molar-refractivity contribution is 0.0947. The fourth-order valence-corrected chi connectivity index (χ4v) is 7.78. The summed E-state index contributed by atoms with van der Waals surface area (Å²) in [6.45, 7) is 3.93. The fourth-order valence-electron chi connectivity index (χ4n) is 6.33. The van der Waals surface area contributed by atoms with E-state index in [9.17, 15) is 28.0 Å². The number of hydrogen-bond acceptors (Lipinski definition) is 9. The van der Waals surface area contributed by atoms with Gasteiger partial charge >= 0.3 is 0 Å². The molecule has 0 saturated heterocycles. The second-order valence-corrected chi connectivity index (χ2v) is 18.0. The van der Waals surface area contributed by atoms with Crippen molar-refractivity contribution in [1.82, 2.24) is 14.5 Å². The highest BCUT2D eigenvalue weighted by atomic mass is 127. The first-order valence-corrected chi connectivity index (χ1v) is 22.8. The van der Waals surface area contributed by atoms with Crippen molar-refractivity contribution < 1.29 is 32.6 Å². The Kier molecular flexibility index (Phi) is 16.6. The van der Waals surface area contributed by atoms with Gasteiger partial charge in [-0.2, -0.15) is 0 Å². The number of benzene rings is 5. The van der Waals surface area contributed by atoms with E-state index in [1.807, 2.05) is 71.2 Å². The maximum Gasteiger partial charge on any atom is 0.259 e. The summed E-state index contributed by atoms with van der Waals surface area (Å²) in [6.07, 6.45) is 0. The number of amides is 2. The zero-order chi connectivity index (χ0) is 48.7. The maximum absolute atomic E-state index is 14.8. The molecular formula is C48H40Cl2F2I2N6O7. The third-order valence-corrected chi connectivity index (χ3v) is 11.8. The van der Waals surface area contributed by atoms with Crippen LogP contribution in [0.25, 0.3) is 0 Å². The molecule has 0 radical (unpaired) electrons. The number of nitrogens with zero attached hydrogens (tertiary/aromatic N) is 2. The number of nitrogens with one attached hydrogen (secondary N) is 3. The summed E-state index contributed by atoms with van der Waals surface area (Å²) in [6, 6.07) is 28.9. The van der Waals surface area contributed by atoms with Crippen molar-refractivity contribution in [2.75, 3.05) is 17.7 Å². The zero-order valence-corrected chi connectivity index (χ0v) is 42.0. The SMILES string of the molecule is COc1ccc(CNC(=O)c2c(Oc3ccc(C)cc3Cl)cc(=O)n(C)c2Nc2ccc(I)cc2F)cc1.Cc1ccc(Oc2cc(=O)n(C)c(Nc3ccc(I)cc3F)c2C(N)=O)c(Cl)c1. The first-order chi connectivity index (χ1) is 31.8. The minimum Gasteiger partial charge on any atom is -0.497 e. The summed E-state index contributed by atoms with van der Waals surface area (Å²) in [7, 11) is 4.49. The molecular weight excluding hydrogens is 1140 g/mol. The Morgan fingerprint density at radius 2 is 1.09 bits per heavy atom. The van der Waals surface area contributed by atoms with Crippen LogP contribution in [-0.2, 0) is 20.6 Å². The van der Waals surface area contributed by atoms with Crippen LogP contribution in [0.4, 0.5) is 31.8 Å². The summed E-state index contributed by atoms with van der Waals surface area (Å²) in [5.41, 5.74) is 7.34. The van der Waals surface area contributed by atoms with Gasteiger partial charge < -0.3 is 35.9 Å². The number of rotatable bonds is 13. The molecule has 7 aromatic rings. The van der Waals surface area contributed by atoms with Gasteiger partial charge in [0.1, 0.15) is 63.1 Å². The third-order valence-electron chi connectivity index (χ3n) is 9.88. The van der Waals surface area contributed by atoms with E-state index in [2.05, 4.69) is 16.0 Å². The molecule has 5 N–H and O–H groups in total. The number of halogens is 6. The van der Waals surface area contributed by atoms with Gasteiger partial charge in [0.25, 0.3) is 22.9 Å². The summed E-state index contributed by atoms with van der Waals surface area (Å²) in [4.78, 5) is 51.2. The molecule has 7 rings (SSSR count). The van der Waals surface area contributed by atoms with Crippen molar-refractivity contribution in [2.45, 2.75) is 20.4 Å². The van der Waals surface area contributed by atoms with Crippen molar-refractivity contribution >= 4 is 103 Å². The van der Waals surface area contributed by atoms with Crippen molar-refractivity contribution in [1.29, 1.82) is 0 Å². The number of ether oxygens (including phenoxy) is 3. The number of anilines is 4. The summed E-state index contributed by atoms with van der Waals surface area (Å²) in [5, 5.41) is 9.17. The molecule has 19 heteroatoms. The number of carbonyl (C=O) groups excluding carboxylic acids is 2. The van der Waals surface area contributed by atoms with Gasteiger partial charge in [-0.15, -0.1) is 0 Å². The van der Waals surface area contributed by atoms with Crippen molar-refractivity contribution in [3.05, 3.63) is 187 Å². The van der Waals surface area contributed by atoms with Gasteiger partial charge in [-0.05, 0) is 149 Å². The molecule has 0 unspecified atom stereocenters. The van der Waals surface area contributed by atoms with E-state index in [1.165, 1.54) is 49.0 Å². The number of methoxy groups -OCH3 is 1. The van der Waals surface area contributed by atoms with E-state index in [0.717, 1.165) is 27.3 Å². The molecule has 67 heavy (non-hydrogen) atoms. The minimum atomic E-state index is -0.854. The summed E-state index contributed by atoms with van der Waals surface area (Å²) in [5.74, 6) is -1.33. The van der Waals surface area contributed by atoms with Gasteiger partial charge in [0, 0.05) is 39.9 Å². The Labute approximate surface area is 420 Å². The van der Waals surface area contributed by atoms with Crippen LogP contribution in [0.15, 0.2) is 119 Å². The predicted molar refractivity (Wildman–Crippen MR) is 273 cm³/mol. The average molecular weight is 1180 g/mol. The predicted octanol–water partition coefficient (Wildman–Crippen LogP) is 11.3. The highest BCUT2D eigenvalue weighted by molar-refractivity contribution is 14.1. The molecule has 0 spiro atoms. The Bertz CT molecular complexity index is 3150. The lowest BCUT2D eigenvalue weighted by atomic mass is 10.1. The molecule has 0 saturated carbocycles. The molecule has 2 heterocycles. The molecule has 346 valence electrons. The fraction of sp³-hybridized carbons (Fsp3) is 0.125. The number of primary amides is 1. The van der Waals surface area contributed by atoms with E-state index in [4.69, 9.17) is 43.1 Å². The van der Waals surface area contributed by atoms with E-state index in [0.29, 0.717) is 22.9 Å². The van der Waals surface area contributed by atoms with Gasteiger partial charge in [0.2, 0.25) is 0 Å². The van der Waals surface area contributed by atoms with Gasteiger partial charge in [0.05, 0.1) is 28.5 Å². The second kappa shape index (κ2) is 22.1. The van der Waals surface area contributed by atoms with E-state index < -0.39 is 34.6 Å². The van der Waals surface area contributed by atoms with Gasteiger partial charge in [-0.1, -0.05) is 47.5 Å². The monoisotopic (exact) mass is 1170 g/mol. The van der Waals surface area contributed by atoms with Crippen LogP contribution in [-0.4, -0.2) is 28.1 Å². The van der Waals surface area contributed by atoms with E-state index in [1.54, 1.807) is 67.8 Å². The van der Waals surface area contributed by atoms with E-state index >= 15 is 0 Å². The Hall–Kier alpha value is -6.16. The molecule has 0 atom stereocenters. The highest BCUT2D eigenvalue weighted by Crippen LogP contribution is 2.37. The van der Waals surface area contributed by atoms with Crippen molar-refractivity contribution in [2.24, 2.45) is 19.8 Å². The molecule has 2 aromatic heterocycles. The lowest BCUT2D eigenvalue weighted by Crippen LogP contribution is -2.29. The van der Waals surface area contributed by atoms with E-state index in [-0.39, 0.29) is 63.7 Å². The van der Waals surface area contributed by atoms with Crippen LogP contribution in [0.5, 0.6) is 28.7 Å². The van der Waals surface area contributed by atoms with Crippen LogP contribution < -0.4 is 47.0 Å². The standard InChI is InChI=1S/C28H24ClFIN3O4.C20H16ClFIN3O3/c1-16-4-11-23(20(29)12-16)38-24-14-25(35)34(2)27(33-22-10-7-18(31)13-21(22)30)26(24)28(36)32-15-17-5-8-19(37-3)9-6-17;1-10-3-6-15(12(21)7-10)29-16-9-17(27)26(2)20(18(16)19(24)28)25-14-5-4-11(23)8-13(14)22/h4-14,33H,15H2,1-3H3,(H,32,36);3-9,25H,1-2H3,(H2,24,28). The van der Waals surface area contributed by atoms with Crippen molar-refractivity contribution in [3.8, 4) is 28.7 Å². The Morgan fingerprint density at radius 3 is 1.51 bits per heavy atom. The number of nitrogens with two attached hydrogens (primary N) is 1. The molecule has 0 bridgehead atoms. The number of aryl methyl sites for hydroxylation is 2. The maximum atomic E-state index is 14.8. The molecule has 0 fully saturated rings. The first kappa shape index (κ1) is 50.3. The topological polar surface area (TPSA) is 168 Å². The van der Waals surface area contributed by atoms with Gasteiger partial charge in [-0.3, -0.25) is 28.3 Å². The molecule has 0 aliphatic heterocycles. The van der Waals surface area contributed by atoms with Gasteiger partial charge in [-0.25, -0.2) is 8.78 Å². The smallest absolute Gasteiger partial charge is 0.259 e. The van der Waals surface area contributed by atoms with Crippen LogP contribution in [0, 0.1) is 32.6 Å². The second-order valence-electron chi connectivity index (χ2n) is 14.7. The Morgan fingerprint density at radius 1 is 0.642 bits per heavy atom. The number of aromatic nitrogens is 2. The Balaban J connectivity index is 0.000000229. The summed E-state index contributed by atoms with van der Waals surface area (Å²) >= 11 is 16.5. The van der Waals surface area contributed by atoms with Crippen LogP contribution in [0.2, 0.25) is 10.0 Å². The van der Waals surface area contributed by atoms with Crippen molar-refractivity contribution in [3.63, 3.8) is 0 Å². The normalized spacial score (nSPS) is 10.7. The zero-order valence-electron chi connectivity index (χ0n) is 36.2. The molecule has 0 aliphatic rings. The van der Waals surface area contributed by atoms with Crippen LogP contribution in [0.3, 0.4) is 0 Å². The average Bonchev–Trinajstić information content (AvgIpc) is 3.27. The first-order valence-electron chi connectivity index (χ1n) is 19.8. The molecule has 5 aromatic carbocycles. The highest BCUT2D eigenvalue weighted by Gasteiger charge is 2.25.